The van der Waals surface area contributed by atoms with Crippen molar-refractivity contribution in [2.75, 3.05) is 19.6 Å². The normalized spacial score (nSPS) is 22.0. The third kappa shape index (κ3) is 2.99. The predicted molar refractivity (Wildman–Crippen MR) is 99.1 cm³/mol. The molecule has 2 fully saturated rings. The molecule has 138 valence electrons. The molecule has 4 rings (SSSR count). The maximum atomic E-state index is 13.4. The van der Waals surface area contributed by atoms with E-state index in [-0.39, 0.29) is 10.8 Å². The lowest BCUT2D eigenvalue weighted by Crippen LogP contribution is -2.49. The highest BCUT2D eigenvalue weighted by atomic mass is 32.2. The quantitative estimate of drug-likeness (QED) is 0.828. The highest BCUT2D eigenvalue weighted by Gasteiger charge is 2.41. The molecule has 0 saturated carbocycles. The van der Waals surface area contributed by atoms with Crippen LogP contribution in [0.3, 0.4) is 0 Å². The Hall–Kier alpha value is -1.99. The number of piperidine rings is 1. The van der Waals surface area contributed by atoms with E-state index < -0.39 is 16.1 Å². The van der Waals surface area contributed by atoms with Crippen molar-refractivity contribution in [1.82, 2.24) is 14.2 Å². The molecule has 0 N–H and O–H groups in total. The second-order valence-corrected chi connectivity index (χ2v) is 8.85. The topological polar surface area (TPSA) is 70.6 Å². The van der Waals surface area contributed by atoms with E-state index in [9.17, 15) is 13.2 Å². The molecule has 0 unspecified atom stereocenters. The summed E-state index contributed by atoms with van der Waals surface area (Å²) in [6, 6.07) is 8.22. The van der Waals surface area contributed by atoms with Crippen LogP contribution < -0.4 is 0 Å². The molecule has 2 aliphatic rings. The van der Waals surface area contributed by atoms with E-state index in [1.807, 2.05) is 17.0 Å². The second-order valence-electron chi connectivity index (χ2n) is 6.99. The van der Waals surface area contributed by atoms with Crippen molar-refractivity contribution in [2.24, 2.45) is 0 Å². The second kappa shape index (κ2) is 6.96. The van der Waals surface area contributed by atoms with Gasteiger partial charge in [-0.15, -0.1) is 0 Å². The number of benzene rings is 1. The maximum absolute atomic E-state index is 13.4. The van der Waals surface area contributed by atoms with Crippen molar-refractivity contribution < 1.29 is 13.2 Å². The van der Waals surface area contributed by atoms with Crippen molar-refractivity contribution in [1.29, 1.82) is 0 Å². The van der Waals surface area contributed by atoms with Gasteiger partial charge < -0.3 is 4.90 Å². The van der Waals surface area contributed by atoms with Crippen LogP contribution in [-0.4, -0.2) is 54.2 Å². The maximum Gasteiger partial charge on any atom is 0.245 e. The number of fused-ring (bicyclic) bond motifs is 1. The Morgan fingerprint density at radius 3 is 2.58 bits per heavy atom. The van der Waals surface area contributed by atoms with Crippen molar-refractivity contribution in [2.45, 2.75) is 43.0 Å². The van der Waals surface area contributed by atoms with Crippen LogP contribution in [-0.2, 0) is 14.8 Å². The summed E-state index contributed by atoms with van der Waals surface area (Å²) >= 11 is 0. The molecule has 1 aromatic carbocycles. The van der Waals surface area contributed by atoms with Gasteiger partial charge in [0, 0.05) is 31.2 Å². The van der Waals surface area contributed by atoms with Gasteiger partial charge in [-0.1, -0.05) is 18.2 Å². The summed E-state index contributed by atoms with van der Waals surface area (Å²) in [5.74, 6) is -0.0426. The van der Waals surface area contributed by atoms with Crippen LogP contribution in [0.5, 0.6) is 0 Å². The van der Waals surface area contributed by atoms with Crippen LogP contribution in [0.15, 0.2) is 41.4 Å². The van der Waals surface area contributed by atoms with Crippen LogP contribution in [0.1, 0.15) is 32.1 Å². The molecule has 3 heterocycles. The number of carbonyl (C=O) groups is 1. The highest BCUT2D eigenvalue weighted by molar-refractivity contribution is 7.89. The molecule has 0 radical (unpaired) electrons. The fourth-order valence-electron chi connectivity index (χ4n) is 4.01. The van der Waals surface area contributed by atoms with Gasteiger partial charge in [0.15, 0.2) is 0 Å². The first-order chi connectivity index (χ1) is 12.6. The van der Waals surface area contributed by atoms with Crippen molar-refractivity contribution in [3.05, 3.63) is 36.5 Å². The summed E-state index contributed by atoms with van der Waals surface area (Å²) < 4.78 is 28.1. The zero-order valence-corrected chi connectivity index (χ0v) is 15.5. The van der Waals surface area contributed by atoms with Crippen LogP contribution >= 0.6 is 0 Å². The predicted octanol–water partition coefficient (Wildman–Crippen LogP) is 2.40. The molecule has 2 saturated heterocycles. The molecular weight excluding hydrogens is 350 g/mol. The van der Waals surface area contributed by atoms with Crippen LogP contribution in [0.4, 0.5) is 0 Å². The van der Waals surface area contributed by atoms with Gasteiger partial charge in [-0.25, -0.2) is 8.42 Å². The lowest BCUT2D eigenvalue weighted by Gasteiger charge is -2.32. The van der Waals surface area contributed by atoms with E-state index in [0.29, 0.717) is 24.9 Å². The SMILES string of the molecule is O=C([C@@H]1CCCN1S(=O)(=O)c1cccc2cccnc12)N1CCCCC1. The van der Waals surface area contributed by atoms with Gasteiger partial charge in [-0.3, -0.25) is 9.78 Å². The number of nitrogens with zero attached hydrogens (tertiary/aromatic N) is 3. The molecule has 1 aromatic heterocycles. The minimum absolute atomic E-state index is 0.0426. The highest BCUT2D eigenvalue weighted by Crippen LogP contribution is 2.31. The third-order valence-corrected chi connectivity index (χ3v) is 7.28. The molecule has 2 aromatic rings. The fourth-order valence-corrected chi connectivity index (χ4v) is 5.83. The molecule has 6 nitrogen and oxygen atoms in total. The van der Waals surface area contributed by atoms with Gasteiger partial charge >= 0.3 is 0 Å². The Labute approximate surface area is 153 Å². The van der Waals surface area contributed by atoms with E-state index in [1.54, 1.807) is 24.4 Å². The van der Waals surface area contributed by atoms with E-state index >= 15 is 0 Å². The molecule has 0 spiro atoms. The summed E-state index contributed by atoms with van der Waals surface area (Å²) in [5, 5.41) is 0.784. The monoisotopic (exact) mass is 373 g/mol. The standard InChI is InChI=1S/C19H23N3O3S/c23-19(21-12-2-1-3-13-21)16-9-6-14-22(16)26(24,25)17-10-4-7-15-8-5-11-20-18(15)17/h4-5,7-8,10-11,16H,1-3,6,9,12-14H2/t16-/m0/s1. The molecule has 0 aliphatic carbocycles. The smallest absolute Gasteiger partial charge is 0.245 e. The average Bonchev–Trinajstić information content (AvgIpc) is 3.18. The van der Waals surface area contributed by atoms with Gasteiger partial charge in [-0.2, -0.15) is 4.31 Å². The number of sulfonamides is 1. The number of rotatable bonds is 3. The summed E-state index contributed by atoms with van der Waals surface area (Å²) in [5.41, 5.74) is 0.464. The van der Waals surface area contributed by atoms with Gasteiger partial charge in [0.05, 0.1) is 5.52 Å². The number of aromatic nitrogens is 1. The average molecular weight is 373 g/mol. The number of amides is 1. The summed E-state index contributed by atoms with van der Waals surface area (Å²) in [7, 11) is -3.77. The van der Waals surface area contributed by atoms with Gasteiger partial charge in [0.2, 0.25) is 15.9 Å². The van der Waals surface area contributed by atoms with Gasteiger partial charge in [-0.05, 0) is 44.2 Å². The zero-order chi connectivity index (χ0) is 18.1. The summed E-state index contributed by atoms with van der Waals surface area (Å²) in [6.45, 7) is 1.86. The number of pyridine rings is 1. The van der Waals surface area contributed by atoms with E-state index in [0.717, 1.165) is 37.7 Å². The largest absolute Gasteiger partial charge is 0.341 e. The van der Waals surface area contributed by atoms with Crippen molar-refractivity contribution in [3.63, 3.8) is 0 Å². The molecule has 2 aliphatic heterocycles. The summed E-state index contributed by atoms with van der Waals surface area (Å²) in [4.78, 5) is 19.3. The minimum atomic E-state index is -3.77. The molecule has 1 atom stereocenters. The lowest BCUT2D eigenvalue weighted by atomic mass is 10.1. The van der Waals surface area contributed by atoms with E-state index in [4.69, 9.17) is 0 Å². The number of hydrogen-bond acceptors (Lipinski definition) is 4. The Morgan fingerprint density at radius 2 is 1.77 bits per heavy atom. The Balaban J connectivity index is 1.69. The number of likely N-dealkylation sites (tertiary alicyclic amines) is 1. The van der Waals surface area contributed by atoms with Gasteiger partial charge in [0.1, 0.15) is 10.9 Å². The molecule has 1 amide bonds. The fraction of sp³-hybridized carbons (Fsp3) is 0.474. The van der Waals surface area contributed by atoms with Crippen molar-refractivity contribution in [3.8, 4) is 0 Å². The lowest BCUT2D eigenvalue weighted by molar-refractivity contribution is -0.135. The van der Waals surface area contributed by atoms with E-state index in [2.05, 4.69) is 4.98 Å². The summed E-state index contributed by atoms with van der Waals surface area (Å²) in [6.07, 6.45) is 6.03. The first kappa shape index (κ1) is 17.4. The Morgan fingerprint density at radius 1 is 1.00 bits per heavy atom. The molecule has 26 heavy (non-hydrogen) atoms. The minimum Gasteiger partial charge on any atom is -0.341 e. The van der Waals surface area contributed by atoms with Crippen LogP contribution in [0.2, 0.25) is 0 Å². The third-order valence-electron chi connectivity index (χ3n) is 5.34. The molecule has 0 bridgehead atoms. The number of hydrogen-bond donors (Lipinski definition) is 0. The number of carbonyl (C=O) groups excluding carboxylic acids is 1. The number of para-hydroxylation sites is 1. The molecule has 7 heteroatoms. The van der Waals surface area contributed by atoms with Crippen LogP contribution in [0, 0.1) is 0 Å². The van der Waals surface area contributed by atoms with E-state index in [1.165, 1.54) is 4.31 Å². The zero-order valence-electron chi connectivity index (χ0n) is 14.7. The van der Waals surface area contributed by atoms with Crippen LogP contribution in [0.25, 0.3) is 10.9 Å². The first-order valence-electron chi connectivity index (χ1n) is 9.23. The van der Waals surface area contributed by atoms with Gasteiger partial charge in [0.25, 0.3) is 0 Å². The first-order valence-corrected chi connectivity index (χ1v) is 10.7. The Kier molecular flexibility index (Phi) is 4.67. The molecular formula is C19H23N3O3S. The van der Waals surface area contributed by atoms with Crippen molar-refractivity contribution >= 4 is 26.8 Å². The Bertz CT molecular complexity index is 917.